The third-order valence-corrected chi connectivity index (χ3v) is 6.93. The van der Waals surface area contributed by atoms with E-state index in [1.54, 1.807) is 36.9 Å². The van der Waals surface area contributed by atoms with Crippen molar-refractivity contribution >= 4 is 34.6 Å². The zero-order chi connectivity index (χ0) is 25.3. The monoisotopic (exact) mass is 503 g/mol. The molecule has 1 aliphatic carbocycles. The Balaban J connectivity index is 1.49. The Bertz CT molecular complexity index is 1300. The first-order valence-electron chi connectivity index (χ1n) is 10.8. The minimum atomic E-state index is -4.78. The summed E-state index contributed by atoms with van der Waals surface area (Å²) in [6.45, 7) is 3.40. The Labute approximate surface area is 204 Å². The van der Waals surface area contributed by atoms with Gasteiger partial charge in [-0.15, -0.1) is 0 Å². The standard InChI is InChI=1S/C24H20F3N3O4S/c1-22(2)20(31)29(14-4-3-13(11-28)16(9-14)24(25,26)27)21(35)30(22)15-5-6-17-18(10-15)33-12-19(34-17)23(32)7-8-23/h3-6,9-10,19,32H,7-8,12H2,1-2H3/t19-/m1/s1. The third-order valence-electron chi connectivity index (χ3n) is 6.56. The van der Waals surface area contributed by atoms with Crippen LogP contribution in [0.3, 0.4) is 0 Å². The highest BCUT2D eigenvalue weighted by Gasteiger charge is 2.52. The summed E-state index contributed by atoms with van der Waals surface area (Å²) in [5, 5.41) is 19.4. The molecule has 1 N–H and O–H groups in total. The Morgan fingerprint density at radius 1 is 1.14 bits per heavy atom. The number of amides is 1. The molecule has 2 aliphatic heterocycles. The fourth-order valence-corrected chi connectivity index (χ4v) is 4.90. The summed E-state index contributed by atoms with van der Waals surface area (Å²) in [7, 11) is 0. The molecule has 2 fully saturated rings. The van der Waals surface area contributed by atoms with Gasteiger partial charge in [0.25, 0.3) is 5.91 Å². The van der Waals surface area contributed by atoms with Crippen molar-refractivity contribution in [2.45, 2.75) is 50.1 Å². The van der Waals surface area contributed by atoms with Gasteiger partial charge in [-0.2, -0.15) is 18.4 Å². The first kappa shape index (κ1) is 23.4. The summed E-state index contributed by atoms with van der Waals surface area (Å²) in [5.41, 5.74) is -3.38. The zero-order valence-electron chi connectivity index (χ0n) is 18.7. The lowest BCUT2D eigenvalue weighted by Crippen LogP contribution is -2.44. The number of hydrogen-bond donors (Lipinski definition) is 1. The van der Waals surface area contributed by atoms with Crippen LogP contribution >= 0.6 is 12.2 Å². The van der Waals surface area contributed by atoms with Crippen molar-refractivity contribution in [1.82, 2.24) is 0 Å². The van der Waals surface area contributed by atoms with Gasteiger partial charge in [0, 0.05) is 11.8 Å². The average molecular weight is 504 g/mol. The fourth-order valence-electron chi connectivity index (χ4n) is 4.37. The molecule has 0 spiro atoms. The number of ether oxygens (including phenoxy) is 2. The Kier molecular flexibility index (Phi) is 5.06. The summed E-state index contributed by atoms with van der Waals surface area (Å²) < 4.78 is 52.3. The molecule has 1 amide bonds. The van der Waals surface area contributed by atoms with E-state index in [4.69, 9.17) is 27.0 Å². The topological polar surface area (TPSA) is 86.0 Å². The molecule has 7 nitrogen and oxygen atoms in total. The number of benzene rings is 2. The molecule has 2 aromatic carbocycles. The normalized spacial score (nSPS) is 22.3. The summed E-state index contributed by atoms with van der Waals surface area (Å²) in [5.74, 6) is 0.329. The number of anilines is 2. The van der Waals surface area contributed by atoms with E-state index in [-0.39, 0.29) is 17.4 Å². The van der Waals surface area contributed by atoms with Gasteiger partial charge in [-0.25, -0.2) is 0 Å². The lowest BCUT2D eigenvalue weighted by atomic mass is 10.0. The summed E-state index contributed by atoms with van der Waals surface area (Å²) in [6.07, 6.45) is -3.95. The smallest absolute Gasteiger partial charge is 0.417 e. The minimum absolute atomic E-state index is 0.0142. The number of aliphatic hydroxyl groups is 1. The number of thiocarbonyl (C=S) groups is 1. The number of rotatable bonds is 3. The van der Waals surface area contributed by atoms with E-state index >= 15 is 0 Å². The highest BCUT2D eigenvalue weighted by Crippen LogP contribution is 2.46. The summed E-state index contributed by atoms with van der Waals surface area (Å²) >= 11 is 5.56. The zero-order valence-corrected chi connectivity index (χ0v) is 19.5. The molecule has 5 rings (SSSR count). The molecule has 1 saturated carbocycles. The minimum Gasteiger partial charge on any atom is -0.486 e. The third kappa shape index (κ3) is 3.68. The van der Waals surface area contributed by atoms with Crippen molar-refractivity contribution in [3.63, 3.8) is 0 Å². The maximum atomic E-state index is 13.5. The van der Waals surface area contributed by atoms with Crippen molar-refractivity contribution in [1.29, 1.82) is 5.26 Å². The van der Waals surface area contributed by atoms with Crippen LogP contribution < -0.4 is 19.3 Å². The number of carbonyl (C=O) groups excluding carboxylic acids is 1. The molecule has 11 heteroatoms. The van der Waals surface area contributed by atoms with Crippen molar-refractivity contribution in [3.8, 4) is 17.6 Å². The van der Waals surface area contributed by atoms with Gasteiger partial charge in [-0.1, -0.05) is 0 Å². The second kappa shape index (κ2) is 7.57. The van der Waals surface area contributed by atoms with Crippen LogP contribution in [0, 0.1) is 11.3 Å². The van der Waals surface area contributed by atoms with Crippen LogP contribution in [0.2, 0.25) is 0 Å². The molecule has 3 aliphatic rings. The molecule has 0 radical (unpaired) electrons. The molecular weight excluding hydrogens is 483 g/mol. The second-order valence-electron chi connectivity index (χ2n) is 9.31. The van der Waals surface area contributed by atoms with E-state index < -0.39 is 40.5 Å². The van der Waals surface area contributed by atoms with Gasteiger partial charge in [0.05, 0.1) is 22.9 Å². The lowest BCUT2D eigenvalue weighted by molar-refractivity contribution is -0.137. The largest absolute Gasteiger partial charge is 0.486 e. The Morgan fingerprint density at radius 2 is 1.83 bits per heavy atom. The number of nitriles is 1. The maximum Gasteiger partial charge on any atom is 0.417 e. The molecule has 35 heavy (non-hydrogen) atoms. The van der Waals surface area contributed by atoms with Crippen LogP contribution in [-0.2, 0) is 11.0 Å². The van der Waals surface area contributed by atoms with E-state index in [2.05, 4.69) is 0 Å². The van der Waals surface area contributed by atoms with E-state index in [9.17, 15) is 23.1 Å². The molecular formula is C24H20F3N3O4S. The fraction of sp³-hybridized carbons (Fsp3) is 0.375. The van der Waals surface area contributed by atoms with Gasteiger partial charge in [-0.3, -0.25) is 9.69 Å². The van der Waals surface area contributed by atoms with Gasteiger partial charge in [0.2, 0.25) is 0 Å². The Hall–Kier alpha value is -3.36. The summed E-state index contributed by atoms with van der Waals surface area (Å²) in [6, 6.07) is 9.55. The SMILES string of the molecule is CC1(C)C(=O)N(c2ccc(C#N)c(C(F)(F)F)c2)C(=S)N1c1ccc2c(c1)OC[C@H](C1(O)CC1)O2. The van der Waals surface area contributed by atoms with E-state index in [0.29, 0.717) is 30.0 Å². The molecule has 0 bridgehead atoms. The predicted octanol–water partition coefficient (Wildman–Crippen LogP) is 4.16. The van der Waals surface area contributed by atoms with Crippen molar-refractivity contribution in [2.75, 3.05) is 16.4 Å². The molecule has 1 saturated heterocycles. The van der Waals surface area contributed by atoms with Crippen LogP contribution in [0.5, 0.6) is 11.5 Å². The van der Waals surface area contributed by atoms with Gasteiger partial charge >= 0.3 is 6.18 Å². The second-order valence-corrected chi connectivity index (χ2v) is 9.67. The number of hydrogen-bond acceptors (Lipinski definition) is 6. The van der Waals surface area contributed by atoms with E-state index in [0.717, 1.165) is 17.0 Å². The van der Waals surface area contributed by atoms with E-state index in [1.807, 2.05) is 0 Å². The quantitative estimate of drug-likeness (QED) is 0.630. The highest BCUT2D eigenvalue weighted by molar-refractivity contribution is 7.81. The number of alkyl halides is 3. The van der Waals surface area contributed by atoms with E-state index in [1.165, 1.54) is 12.1 Å². The number of nitrogens with zero attached hydrogens (tertiary/aromatic N) is 3. The molecule has 0 aromatic heterocycles. The van der Waals surface area contributed by atoms with Crippen LogP contribution in [-0.4, -0.2) is 40.0 Å². The van der Waals surface area contributed by atoms with Gasteiger partial charge < -0.3 is 19.5 Å². The predicted molar refractivity (Wildman–Crippen MR) is 123 cm³/mol. The number of carbonyl (C=O) groups is 1. The van der Waals surface area contributed by atoms with Crippen LogP contribution in [0.15, 0.2) is 36.4 Å². The molecule has 182 valence electrons. The van der Waals surface area contributed by atoms with Crippen LogP contribution in [0.4, 0.5) is 24.5 Å². The van der Waals surface area contributed by atoms with Gasteiger partial charge in [0.1, 0.15) is 17.7 Å². The molecule has 1 atom stereocenters. The van der Waals surface area contributed by atoms with Gasteiger partial charge in [0.15, 0.2) is 22.7 Å². The maximum absolute atomic E-state index is 13.5. The molecule has 2 aromatic rings. The lowest BCUT2D eigenvalue weighted by Gasteiger charge is -2.33. The first-order valence-corrected chi connectivity index (χ1v) is 11.2. The molecule has 2 heterocycles. The first-order chi connectivity index (χ1) is 16.4. The average Bonchev–Trinajstić information content (AvgIpc) is 3.52. The Morgan fingerprint density at radius 3 is 2.46 bits per heavy atom. The number of halogens is 3. The van der Waals surface area contributed by atoms with Gasteiger partial charge in [-0.05, 0) is 69.2 Å². The van der Waals surface area contributed by atoms with Crippen molar-refractivity contribution < 1.29 is 32.5 Å². The van der Waals surface area contributed by atoms with Crippen LogP contribution in [0.1, 0.15) is 37.8 Å². The van der Waals surface area contributed by atoms with Crippen molar-refractivity contribution in [2.24, 2.45) is 0 Å². The summed E-state index contributed by atoms with van der Waals surface area (Å²) in [4.78, 5) is 15.9. The van der Waals surface area contributed by atoms with Crippen LogP contribution in [0.25, 0.3) is 0 Å². The highest BCUT2D eigenvalue weighted by atomic mass is 32.1. The number of fused-ring (bicyclic) bond motifs is 1. The van der Waals surface area contributed by atoms with Crippen molar-refractivity contribution in [3.05, 3.63) is 47.5 Å². The molecule has 0 unspecified atom stereocenters.